The van der Waals surface area contributed by atoms with Crippen molar-refractivity contribution in [3.63, 3.8) is 0 Å². The highest BCUT2D eigenvalue weighted by Crippen LogP contribution is 2.33. The van der Waals surface area contributed by atoms with Crippen LogP contribution in [0.1, 0.15) is 0 Å². The molecule has 4 N–H and O–H groups in total. The van der Waals surface area contributed by atoms with Gasteiger partial charge in [-0.1, -0.05) is 0 Å². The minimum atomic E-state index is -1.94. The molecule has 0 aromatic heterocycles. The molecule has 0 aromatic carbocycles. The first-order valence-electron chi connectivity index (χ1n) is 3.05. The van der Waals surface area contributed by atoms with Crippen LogP contribution in [0.5, 0.6) is 0 Å². The Labute approximate surface area is 71.4 Å². The van der Waals surface area contributed by atoms with Crippen LogP contribution in [0.25, 0.3) is 0 Å². The van der Waals surface area contributed by atoms with Gasteiger partial charge in [-0.3, -0.25) is 0 Å². The molecule has 0 saturated carbocycles. The first-order chi connectivity index (χ1) is 4.99. The maximum atomic E-state index is 9.11. The van der Waals surface area contributed by atoms with Crippen LogP contribution in [0.2, 0.25) is 0 Å². The summed E-state index contributed by atoms with van der Waals surface area (Å²) in [5, 5.41) is 35.8. The molecule has 1 aliphatic heterocycles. The van der Waals surface area contributed by atoms with E-state index >= 15 is 0 Å². The lowest BCUT2D eigenvalue weighted by molar-refractivity contribution is -0.156. The molecular formula is C5H9BrO5. The minimum absolute atomic E-state index is 0.452. The van der Waals surface area contributed by atoms with Gasteiger partial charge in [0, 0.05) is 0 Å². The first-order valence-corrected chi connectivity index (χ1v) is 3.84. The van der Waals surface area contributed by atoms with Gasteiger partial charge in [0.2, 0.25) is 0 Å². The molecule has 0 radical (unpaired) electrons. The summed E-state index contributed by atoms with van der Waals surface area (Å²) in [5.41, 5.74) is 0. The van der Waals surface area contributed by atoms with Gasteiger partial charge in [0.05, 0.1) is 6.61 Å². The predicted molar refractivity (Wildman–Crippen MR) is 37.8 cm³/mol. The number of hydrogen-bond donors (Lipinski definition) is 4. The van der Waals surface area contributed by atoms with Crippen LogP contribution >= 0.6 is 15.9 Å². The van der Waals surface area contributed by atoms with E-state index in [-0.39, 0.29) is 0 Å². The fourth-order valence-electron chi connectivity index (χ4n) is 0.911. The second-order valence-corrected chi connectivity index (χ2v) is 3.52. The zero-order valence-electron chi connectivity index (χ0n) is 5.51. The number of rotatable bonds is 1. The van der Waals surface area contributed by atoms with Crippen LogP contribution in [0.15, 0.2) is 0 Å². The topological polar surface area (TPSA) is 90.2 Å². The molecule has 5 nitrogen and oxygen atoms in total. The normalized spacial score (nSPS) is 51.5. The molecular weight excluding hydrogens is 220 g/mol. The molecule has 0 unspecified atom stereocenters. The predicted octanol–water partition coefficient (Wildman–Crippen LogP) is -1.86. The molecule has 1 heterocycles. The van der Waals surface area contributed by atoms with Crippen molar-refractivity contribution in [3.8, 4) is 0 Å². The van der Waals surface area contributed by atoms with Gasteiger partial charge in [-0.15, -0.1) is 0 Å². The zero-order valence-corrected chi connectivity index (χ0v) is 7.10. The van der Waals surface area contributed by atoms with E-state index in [0.29, 0.717) is 0 Å². The Morgan fingerprint density at radius 2 is 2.00 bits per heavy atom. The van der Waals surface area contributed by atoms with E-state index in [0.717, 1.165) is 0 Å². The molecule has 0 amide bonds. The average Bonchev–Trinajstić information content (AvgIpc) is 2.13. The smallest absolute Gasteiger partial charge is 0.254 e. The van der Waals surface area contributed by atoms with Crippen LogP contribution < -0.4 is 0 Å². The molecule has 66 valence electrons. The summed E-state index contributed by atoms with van der Waals surface area (Å²) in [4.78, 5) is 0. The molecule has 1 aliphatic rings. The highest BCUT2D eigenvalue weighted by Gasteiger charge is 2.51. The van der Waals surface area contributed by atoms with Crippen molar-refractivity contribution in [1.29, 1.82) is 0 Å². The Balaban J connectivity index is 2.69. The number of halogens is 1. The summed E-state index contributed by atoms with van der Waals surface area (Å²) >= 11 is 2.64. The minimum Gasteiger partial charge on any atom is -0.394 e. The van der Waals surface area contributed by atoms with Gasteiger partial charge in [0.1, 0.15) is 18.3 Å². The van der Waals surface area contributed by atoms with E-state index in [1.807, 2.05) is 0 Å². The van der Waals surface area contributed by atoms with Crippen molar-refractivity contribution < 1.29 is 25.2 Å². The summed E-state index contributed by atoms with van der Waals surface area (Å²) in [7, 11) is 0. The van der Waals surface area contributed by atoms with E-state index in [2.05, 4.69) is 20.7 Å². The Morgan fingerprint density at radius 3 is 2.18 bits per heavy atom. The molecule has 4 atom stereocenters. The van der Waals surface area contributed by atoms with E-state index in [1.54, 1.807) is 0 Å². The molecule has 1 fully saturated rings. The monoisotopic (exact) mass is 228 g/mol. The van der Waals surface area contributed by atoms with Gasteiger partial charge >= 0.3 is 0 Å². The van der Waals surface area contributed by atoms with Gasteiger partial charge in [-0.05, 0) is 15.9 Å². The van der Waals surface area contributed by atoms with E-state index in [9.17, 15) is 0 Å². The van der Waals surface area contributed by atoms with Crippen LogP contribution in [0.4, 0.5) is 0 Å². The quantitative estimate of drug-likeness (QED) is 0.396. The number of alkyl halides is 1. The van der Waals surface area contributed by atoms with Gasteiger partial charge < -0.3 is 25.2 Å². The van der Waals surface area contributed by atoms with Gasteiger partial charge in [0.15, 0.2) is 0 Å². The summed E-state index contributed by atoms with van der Waals surface area (Å²) in [6.45, 7) is -0.452. The molecule has 11 heavy (non-hydrogen) atoms. The second-order valence-electron chi connectivity index (χ2n) is 2.38. The number of aliphatic hydroxyl groups is 4. The molecule has 0 aliphatic carbocycles. The standard InChI is InChI=1S/C5H9BrO5/c6-5(10)4(9)3(8)2(1-7)11-5/h2-4,7-10H,1H2/t2-,3-,4-,5+/m1/s1. The van der Waals surface area contributed by atoms with Crippen molar-refractivity contribution in [1.82, 2.24) is 0 Å². The third-order valence-corrected chi connectivity index (χ3v) is 2.22. The Bertz CT molecular complexity index is 150. The second kappa shape index (κ2) is 2.96. The summed E-state index contributed by atoms with van der Waals surface area (Å²) in [6, 6.07) is 0. The number of aliphatic hydroxyl groups excluding tert-OH is 3. The third-order valence-electron chi connectivity index (χ3n) is 1.57. The van der Waals surface area contributed by atoms with Gasteiger partial charge in [-0.2, -0.15) is 0 Å². The third kappa shape index (κ3) is 1.56. The SMILES string of the molecule is OC[C@H]1O[C@](O)(Br)[C@H](O)[C@@H]1O. The number of hydrogen-bond acceptors (Lipinski definition) is 5. The van der Waals surface area contributed by atoms with Crippen molar-refractivity contribution in [3.05, 3.63) is 0 Å². The summed E-state index contributed by atoms with van der Waals surface area (Å²) < 4.78 is 2.70. The largest absolute Gasteiger partial charge is 0.394 e. The van der Waals surface area contributed by atoms with E-state index in [1.165, 1.54) is 0 Å². The lowest BCUT2D eigenvalue weighted by atomic mass is 10.1. The van der Waals surface area contributed by atoms with Crippen molar-refractivity contribution in [2.75, 3.05) is 6.61 Å². The van der Waals surface area contributed by atoms with Crippen LogP contribution in [-0.2, 0) is 4.74 Å². The first kappa shape index (κ1) is 9.37. The van der Waals surface area contributed by atoms with Crippen molar-refractivity contribution in [2.24, 2.45) is 0 Å². The fourth-order valence-corrected chi connectivity index (χ4v) is 1.42. The molecule has 0 aromatic rings. The number of ether oxygens (including phenoxy) is 1. The fraction of sp³-hybridized carbons (Fsp3) is 1.00. The van der Waals surface area contributed by atoms with Crippen LogP contribution in [0.3, 0.4) is 0 Å². The molecule has 6 heteroatoms. The van der Waals surface area contributed by atoms with Gasteiger partial charge in [-0.25, -0.2) is 0 Å². The van der Waals surface area contributed by atoms with E-state index < -0.39 is 29.6 Å². The Hall–Kier alpha value is 0.280. The molecule has 1 rings (SSSR count). The van der Waals surface area contributed by atoms with Crippen molar-refractivity contribution >= 4 is 15.9 Å². The Kier molecular flexibility index (Phi) is 2.53. The lowest BCUT2D eigenvalue weighted by Crippen LogP contribution is -2.38. The van der Waals surface area contributed by atoms with E-state index in [4.69, 9.17) is 20.4 Å². The summed E-state index contributed by atoms with van der Waals surface area (Å²) in [6.07, 6.45) is -3.67. The average molecular weight is 229 g/mol. The van der Waals surface area contributed by atoms with Crippen LogP contribution in [0, 0.1) is 0 Å². The molecule has 0 spiro atoms. The molecule has 1 saturated heterocycles. The van der Waals surface area contributed by atoms with Crippen LogP contribution in [-0.4, -0.2) is 50.0 Å². The maximum absolute atomic E-state index is 9.11. The van der Waals surface area contributed by atoms with Gasteiger partial charge in [0.25, 0.3) is 4.70 Å². The maximum Gasteiger partial charge on any atom is 0.254 e. The highest BCUT2D eigenvalue weighted by molar-refractivity contribution is 9.10. The summed E-state index contributed by atoms with van der Waals surface area (Å²) in [5.74, 6) is 0. The molecule has 0 bridgehead atoms. The lowest BCUT2D eigenvalue weighted by Gasteiger charge is -2.17. The highest BCUT2D eigenvalue weighted by atomic mass is 79.9. The Morgan fingerprint density at radius 1 is 1.45 bits per heavy atom. The van der Waals surface area contributed by atoms with Crippen molar-refractivity contribution in [2.45, 2.75) is 23.0 Å². The zero-order chi connectivity index (χ0) is 8.65.